The summed E-state index contributed by atoms with van der Waals surface area (Å²) < 4.78 is 0. The van der Waals surface area contributed by atoms with Gasteiger partial charge in [-0.2, -0.15) is 0 Å². The standard InChI is InChI=1S/C11H19N3S/c1-8-3-10(12)5-14(4-8)6-11-13-9(2)7-15-11/h7-8,10H,3-6,12H2,1-2H3. The van der Waals surface area contributed by atoms with Crippen LogP contribution in [0.25, 0.3) is 0 Å². The van der Waals surface area contributed by atoms with E-state index in [0.717, 1.165) is 37.7 Å². The van der Waals surface area contributed by atoms with Gasteiger partial charge in [-0.3, -0.25) is 4.90 Å². The summed E-state index contributed by atoms with van der Waals surface area (Å²) in [6.45, 7) is 7.47. The summed E-state index contributed by atoms with van der Waals surface area (Å²) in [6, 6.07) is 0.342. The molecule has 1 saturated heterocycles. The van der Waals surface area contributed by atoms with Gasteiger partial charge >= 0.3 is 0 Å². The fourth-order valence-corrected chi connectivity index (χ4v) is 3.12. The van der Waals surface area contributed by atoms with E-state index < -0.39 is 0 Å². The molecule has 4 heteroatoms. The molecular weight excluding hydrogens is 206 g/mol. The van der Waals surface area contributed by atoms with Crippen molar-refractivity contribution in [3.63, 3.8) is 0 Å². The minimum atomic E-state index is 0.342. The average Bonchev–Trinajstić information content (AvgIpc) is 2.49. The molecule has 2 heterocycles. The number of piperidine rings is 1. The molecule has 1 aliphatic rings. The molecule has 84 valence electrons. The van der Waals surface area contributed by atoms with Crippen LogP contribution in [0, 0.1) is 12.8 Å². The van der Waals surface area contributed by atoms with E-state index in [1.807, 2.05) is 6.92 Å². The molecule has 0 aliphatic carbocycles. The van der Waals surface area contributed by atoms with Crippen LogP contribution in [0.1, 0.15) is 24.0 Å². The third kappa shape index (κ3) is 3.00. The second-order valence-corrected chi connectivity index (χ2v) is 5.62. The van der Waals surface area contributed by atoms with E-state index >= 15 is 0 Å². The molecule has 2 atom stereocenters. The Bertz CT molecular complexity index is 313. The maximum Gasteiger partial charge on any atom is 0.107 e. The van der Waals surface area contributed by atoms with Gasteiger partial charge in [0.15, 0.2) is 0 Å². The Morgan fingerprint density at radius 1 is 1.60 bits per heavy atom. The smallest absolute Gasteiger partial charge is 0.107 e. The lowest BCUT2D eigenvalue weighted by molar-refractivity contribution is 0.158. The van der Waals surface area contributed by atoms with Crippen LogP contribution in [0.2, 0.25) is 0 Å². The van der Waals surface area contributed by atoms with Gasteiger partial charge in [0.05, 0.1) is 6.54 Å². The van der Waals surface area contributed by atoms with Crippen molar-refractivity contribution < 1.29 is 0 Å². The predicted molar refractivity (Wildman–Crippen MR) is 63.9 cm³/mol. The largest absolute Gasteiger partial charge is 0.327 e. The lowest BCUT2D eigenvalue weighted by atomic mass is 9.97. The zero-order valence-corrected chi connectivity index (χ0v) is 10.3. The van der Waals surface area contributed by atoms with Crippen LogP contribution in [-0.2, 0) is 6.54 Å². The Hall–Kier alpha value is -0.450. The fourth-order valence-electron chi connectivity index (χ4n) is 2.31. The van der Waals surface area contributed by atoms with Crippen molar-refractivity contribution in [2.24, 2.45) is 11.7 Å². The predicted octanol–water partition coefficient (Wildman–Crippen LogP) is 1.62. The van der Waals surface area contributed by atoms with Crippen LogP contribution < -0.4 is 5.73 Å². The summed E-state index contributed by atoms with van der Waals surface area (Å²) in [5.41, 5.74) is 7.14. The quantitative estimate of drug-likeness (QED) is 0.831. The van der Waals surface area contributed by atoms with Gasteiger partial charge in [-0.1, -0.05) is 6.92 Å². The third-order valence-electron chi connectivity index (χ3n) is 2.79. The van der Waals surface area contributed by atoms with Crippen molar-refractivity contribution in [1.82, 2.24) is 9.88 Å². The Kier molecular flexibility index (Phi) is 3.38. The first-order valence-electron chi connectivity index (χ1n) is 5.52. The Balaban J connectivity index is 1.94. The number of thiazole rings is 1. The Morgan fingerprint density at radius 2 is 2.40 bits per heavy atom. The van der Waals surface area contributed by atoms with Gasteiger partial charge < -0.3 is 5.73 Å². The van der Waals surface area contributed by atoms with Crippen LogP contribution in [0.5, 0.6) is 0 Å². The first-order valence-corrected chi connectivity index (χ1v) is 6.40. The lowest BCUT2D eigenvalue weighted by Crippen LogP contribution is -2.45. The summed E-state index contributed by atoms with van der Waals surface area (Å²) in [5.74, 6) is 0.717. The van der Waals surface area contributed by atoms with Crippen LogP contribution in [0.15, 0.2) is 5.38 Å². The van der Waals surface area contributed by atoms with Crippen LogP contribution in [0.4, 0.5) is 0 Å². The number of nitrogens with zero attached hydrogens (tertiary/aromatic N) is 2. The summed E-state index contributed by atoms with van der Waals surface area (Å²) in [6.07, 6.45) is 1.16. The molecule has 15 heavy (non-hydrogen) atoms. The minimum absolute atomic E-state index is 0.342. The monoisotopic (exact) mass is 225 g/mol. The first kappa shape index (κ1) is 11.0. The second kappa shape index (κ2) is 4.60. The molecule has 2 N–H and O–H groups in total. The van der Waals surface area contributed by atoms with E-state index in [-0.39, 0.29) is 0 Å². The van der Waals surface area contributed by atoms with Crippen molar-refractivity contribution in [3.05, 3.63) is 16.1 Å². The van der Waals surface area contributed by atoms with E-state index in [1.165, 1.54) is 5.01 Å². The molecule has 0 aromatic carbocycles. The van der Waals surface area contributed by atoms with E-state index in [1.54, 1.807) is 11.3 Å². The van der Waals surface area contributed by atoms with Gasteiger partial charge in [0, 0.05) is 30.2 Å². The topological polar surface area (TPSA) is 42.1 Å². The normalized spacial score (nSPS) is 28.2. The molecule has 0 radical (unpaired) electrons. The van der Waals surface area contributed by atoms with Gasteiger partial charge in [-0.15, -0.1) is 11.3 Å². The van der Waals surface area contributed by atoms with E-state index in [0.29, 0.717) is 6.04 Å². The highest BCUT2D eigenvalue weighted by atomic mass is 32.1. The summed E-state index contributed by atoms with van der Waals surface area (Å²) in [7, 11) is 0. The highest BCUT2D eigenvalue weighted by Crippen LogP contribution is 2.18. The second-order valence-electron chi connectivity index (χ2n) is 4.68. The van der Waals surface area contributed by atoms with E-state index in [9.17, 15) is 0 Å². The highest BCUT2D eigenvalue weighted by Gasteiger charge is 2.22. The number of likely N-dealkylation sites (tertiary alicyclic amines) is 1. The molecule has 1 aromatic rings. The zero-order valence-electron chi connectivity index (χ0n) is 9.44. The number of hydrogen-bond acceptors (Lipinski definition) is 4. The summed E-state index contributed by atoms with van der Waals surface area (Å²) in [5, 5.41) is 3.33. The average molecular weight is 225 g/mol. The number of aromatic nitrogens is 1. The number of nitrogens with two attached hydrogens (primary N) is 1. The molecule has 2 rings (SSSR count). The molecular formula is C11H19N3S. The third-order valence-corrected chi connectivity index (χ3v) is 3.74. The fraction of sp³-hybridized carbons (Fsp3) is 0.727. The minimum Gasteiger partial charge on any atom is -0.327 e. The van der Waals surface area contributed by atoms with Crippen molar-refractivity contribution in [3.8, 4) is 0 Å². The molecule has 0 bridgehead atoms. The maximum atomic E-state index is 6.02. The van der Waals surface area contributed by atoms with Gasteiger partial charge in [0.2, 0.25) is 0 Å². The molecule has 1 aromatic heterocycles. The summed E-state index contributed by atoms with van der Waals surface area (Å²) in [4.78, 5) is 6.92. The highest BCUT2D eigenvalue weighted by molar-refractivity contribution is 7.09. The molecule has 0 saturated carbocycles. The Morgan fingerprint density at radius 3 is 3.00 bits per heavy atom. The first-order chi connectivity index (χ1) is 7.13. The van der Waals surface area contributed by atoms with Gasteiger partial charge in [0.25, 0.3) is 0 Å². The SMILES string of the molecule is Cc1csc(CN2CC(C)CC(N)C2)n1. The molecule has 1 aliphatic heterocycles. The van der Waals surface area contributed by atoms with Crippen LogP contribution >= 0.6 is 11.3 Å². The number of hydrogen-bond donors (Lipinski definition) is 1. The van der Waals surface area contributed by atoms with Crippen LogP contribution in [-0.4, -0.2) is 29.0 Å². The zero-order chi connectivity index (χ0) is 10.8. The van der Waals surface area contributed by atoms with Crippen molar-refractivity contribution >= 4 is 11.3 Å². The maximum absolute atomic E-state index is 6.02. The van der Waals surface area contributed by atoms with Gasteiger partial charge in [-0.25, -0.2) is 4.98 Å². The molecule has 2 unspecified atom stereocenters. The number of rotatable bonds is 2. The molecule has 0 amide bonds. The lowest BCUT2D eigenvalue weighted by Gasteiger charge is -2.34. The molecule has 3 nitrogen and oxygen atoms in total. The number of aryl methyl sites for hydroxylation is 1. The van der Waals surface area contributed by atoms with E-state index in [2.05, 4.69) is 22.2 Å². The Labute approximate surface area is 95.3 Å². The van der Waals surface area contributed by atoms with Crippen LogP contribution in [0.3, 0.4) is 0 Å². The van der Waals surface area contributed by atoms with E-state index in [4.69, 9.17) is 5.73 Å². The van der Waals surface area contributed by atoms with Gasteiger partial charge in [-0.05, 0) is 19.3 Å². The summed E-state index contributed by atoms with van der Waals surface area (Å²) >= 11 is 1.75. The van der Waals surface area contributed by atoms with Crippen molar-refractivity contribution in [1.29, 1.82) is 0 Å². The van der Waals surface area contributed by atoms with Crippen molar-refractivity contribution in [2.75, 3.05) is 13.1 Å². The van der Waals surface area contributed by atoms with Crippen molar-refractivity contribution in [2.45, 2.75) is 32.9 Å². The van der Waals surface area contributed by atoms with Gasteiger partial charge in [0.1, 0.15) is 5.01 Å². The molecule has 1 fully saturated rings. The molecule has 0 spiro atoms.